The van der Waals surface area contributed by atoms with Crippen LogP contribution in [0.2, 0.25) is 0 Å². The first kappa shape index (κ1) is 19.4. The van der Waals surface area contributed by atoms with Gasteiger partial charge in [-0.2, -0.15) is 0 Å². The highest BCUT2D eigenvalue weighted by atomic mass is 32.2. The first-order valence-electron chi connectivity index (χ1n) is 9.67. The molecule has 1 aromatic rings. The summed E-state index contributed by atoms with van der Waals surface area (Å²) in [6.07, 6.45) is 2.54. The van der Waals surface area contributed by atoms with Gasteiger partial charge >= 0.3 is 0 Å². The second-order valence-electron chi connectivity index (χ2n) is 7.85. The van der Waals surface area contributed by atoms with Gasteiger partial charge in [0.05, 0.1) is 11.5 Å². The highest BCUT2D eigenvalue weighted by Crippen LogP contribution is 2.33. The third kappa shape index (κ3) is 4.46. The first-order valence-corrected chi connectivity index (χ1v) is 11.5. The first-order chi connectivity index (χ1) is 12.3. The highest BCUT2D eigenvalue weighted by molar-refractivity contribution is 7.91. The molecule has 5 nitrogen and oxygen atoms in total. The van der Waals surface area contributed by atoms with E-state index in [1.165, 1.54) is 5.56 Å². The van der Waals surface area contributed by atoms with E-state index in [0.717, 1.165) is 25.9 Å². The predicted octanol–water partition coefficient (Wildman–Crippen LogP) is 2.71. The molecule has 1 saturated heterocycles. The Morgan fingerprint density at radius 2 is 1.77 bits per heavy atom. The summed E-state index contributed by atoms with van der Waals surface area (Å²) in [5, 5.41) is 0. The summed E-state index contributed by atoms with van der Waals surface area (Å²) in [5.41, 5.74) is 1.86. The lowest BCUT2D eigenvalue weighted by Gasteiger charge is -2.28. The van der Waals surface area contributed by atoms with Crippen LogP contribution in [0.15, 0.2) is 24.3 Å². The maximum Gasteiger partial charge on any atom is 0.254 e. The molecule has 1 aliphatic heterocycles. The standard InChI is InChI=1S/C20H30N2O3S/c1-4-21(15(2)3)13-16-5-7-17(8-6-16)20(23)22(18-9-10-18)19-11-12-26(24,25)14-19/h5-8,15,18-19H,4,9-14H2,1-3H3. The number of benzene rings is 1. The molecular formula is C20H30N2O3S. The minimum Gasteiger partial charge on any atom is -0.332 e. The molecule has 0 aromatic heterocycles. The molecule has 1 aliphatic carbocycles. The fourth-order valence-corrected chi connectivity index (χ4v) is 5.48. The third-order valence-corrected chi connectivity index (χ3v) is 7.25. The highest BCUT2D eigenvalue weighted by Gasteiger charge is 2.42. The zero-order valence-corrected chi connectivity index (χ0v) is 16.8. The second kappa shape index (κ2) is 7.69. The number of hydrogen-bond donors (Lipinski definition) is 0. The lowest BCUT2D eigenvalue weighted by Crippen LogP contribution is -2.42. The molecule has 3 rings (SSSR count). The van der Waals surface area contributed by atoms with Crippen molar-refractivity contribution >= 4 is 15.7 Å². The third-order valence-electron chi connectivity index (χ3n) is 5.50. The van der Waals surface area contributed by atoms with Crippen molar-refractivity contribution < 1.29 is 13.2 Å². The lowest BCUT2D eigenvalue weighted by atomic mass is 10.1. The zero-order valence-electron chi connectivity index (χ0n) is 16.0. The van der Waals surface area contributed by atoms with E-state index in [9.17, 15) is 13.2 Å². The van der Waals surface area contributed by atoms with Gasteiger partial charge in [0, 0.05) is 30.2 Å². The van der Waals surface area contributed by atoms with Crippen LogP contribution in [-0.4, -0.2) is 60.3 Å². The van der Waals surface area contributed by atoms with Crippen molar-refractivity contribution in [1.82, 2.24) is 9.80 Å². The predicted molar refractivity (Wildman–Crippen MR) is 104 cm³/mol. The summed E-state index contributed by atoms with van der Waals surface area (Å²) < 4.78 is 23.7. The topological polar surface area (TPSA) is 57.7 Å². The summed E-state index contributed by atoms with van der Waals surface area (Å²) in [6, 6.07) is 8.38. The van der Waals surface area contributed by atoms with Gasteiger partial charge in [-0.3, -0.25) is 9.69 Å². The fraction of sp³-hybridized carbons (Fsp3) is 0.650. The number of rotatable bonds is 7. The van der Waals surface area contributed by atoms with E-state index in [1.807, 2.05) is 29.2 Å². The average molecular weight is 379 g/mol. The van der Waals surface area contributed by atoms with Crippen molar-refractivity contribution in [3.8, 4) is 0 Å². The number of nitrogens with zero attached hydrogens (tertiary/aromatic N) is 2. The van der Waals surface area contributed by atoms with Gasteiger partial charge in [-0.15, -0.1) is 0 Å². The Morgan fingerprint density at radius 1 is 1.12 bits per heavy atom. The molecule has 1 saturated carbocycles. The summed E-state index contributed by atoms with van der Waals surface area (Å²) in [6.45, 7) is 8.38. The van der Waals surface area contributed by atoms with Gasteiger partial charge in [-0.1, -0.05) is 19.1 Å². The van der Waals surface area contributed by atoms with E-state index >= 15 is 0 Å². The second-order valence-corrected chi connectivity index (χ2v) is 10.1. The molecule has 26 heavy (non-hydrogen) atoms. The Labute approximate surface area is 157 Å². The van der Waals surface area contributed by atoms with Crippen molar-refractivity contribution in [1.29, 1.82) is 0 Å². The molecule has 1 aromatic carbocycles. The number of amides is 1. The van der Waals surface area contributed by atoms with E-state index in [4.69, 9.17) is 0 Å². The van der Waals surface area contributed by atoms with E-state index in [2.05, 4.69) is 25.7 Å². The molecule has 1 heterocycles. The van der Waals surface area contributed by atoms with Crippen LogP contribution in [0.1, 0.15) is 56.0 Å². The van der Waals surface area contributed by atoms with Crippen molar-refractivity contribution in [3.05, 3.63) is 35.4 Å². The van der Waals surface area contributed by atoms with Crippen LogP contribution in [0.25, 0.3) is 0 Å². The normalized spacial score (nSPS) is 22.1. The summed E-state index contributed by atoms with van der Waals surface area (Å²) in [7, 11) is -2.99. The Kier molecular flexibility index (Phi) is 5.72. The van der Waals surface area contributed by atoms with Crippen LogP contribution in [0.4, 0.5) is 0 Å². The fourth-order valence-electron chi connectivity index (χ4n) is 3.77. The molecule has 144 valence electrons. The average Bonchev–Trinajstić information content (AvgIpc) is 3.36. The quantitative estimate of drug-likeness (QED) is 0.732. The smallest absolute Gasteiger partial charge is 0.254 e. The molecular weight excluding hydrogens is 348 g/mol. The Morgan fingerprint density at radius 3 is 2.23 bits per heavy atom. The molecule has 0 N–H and O–H groups in total. The summed E-state index contributed by atoms with van der Waals surface area (Å²) >= 11 is 0. The molecule has 0 bridgehead atoms. The maximum atomic E-state index is 13.0. The minimum atomic E-state index is -2.99. The molecule has 2 fully saturated rings. The number of hydrogen-bond acceptors (Lipinski definition) is 4. The van der Waals surface area contributed by atoms with Crippen molar-refractivity contribution in [2.45, 2.75) is 64.7 Å². The molecule has 1 amide bonds. The van der Waals surface area contributed by atoms with Crippen LogP contribution >= 0.6 is 0 Å². The van der Waals surface area contributed by atoms with E-state index in [-0.39, 0.29) is 29.5 Å². The summed E-state index contributed by atoms with van der Waals surface area (Å²) in [5.74, 6) is 0.305. The maximum absolute atomic E-state index is 13.0. The monoisotopic (exact) mass is 378 g/mol. The van der Waals surface area contributed by atoms with Gasteiger partial charge in [-0.25, -0.2) is 8.42 Å². The number of carbonyl (C=O) groups is 1. The Bertz CT molecular complexity index is 739. The van der Waals surface area contributed by atoms with E-state index < -0.39 is 9.84 Å². The Hall–Kier alpha value is -1.40. The number of sulfone groups is 1. The van der Waals surface area contributed by atoms with Gasteiger partial charge < -0.3 is 4.90 Å². The SMILES string of the molecule is CCN(Cc1ccc(C(=O)N(C2CC2)C2CCS(=O)(=O)C2)cc1)C(C)C. The summed E-state index contributed by atoms with van der Waals surface area (Å²) in [4.78, 5) is 17.3. The van der Waals surface area contributed by atoms with Crippen molar-refractivity contribution in [2.24, 2.45) is 0 Å². The van der Waals surface area contributed by atoms with Crippen LogP contribution in [0.5, 0.6) is 0 Å². The van der Waals surface area contributed by atoms with Gasteiger partial charge in [0.25, 0.3) is 5.91 Å². The Balaban J connectivity index is 1.72. The molecule has 0 spiro atoms. The molecule has 1 atom stereocenters. The largest absolute Gasteiger partial charge is 0.332 e. The van der Waals surface area contributed by atoms with E-state index in [0.29, 0.717) is 18.0 Å². The van der Waals surface area contributed by atoms with Crippen LogP contribution in [0, 0.1) is 0 Å². The van der Waals surface area contributed by atoms with Gasteiger partial charge in [-0.05, 0) is 57.4 Å². The number of carbonyl (C=O) groups excluding carboxylic acids is 1. The van der Waals surface area contributed by atoms with Crippen LogP contribution in [-0.2, 0) is 16.4 Å². The lowest BCUT2D eigenvalue weighted by molar-refractivity contribution is 0.0680. The zero-order chi connectivity index (χ0) is 18.9. The molecule has 0 radical (unpaired) electrons. The van der Waals surface area contributed by atoms with E-state index in [1.54, 1.807) is 0 Å². The molecule has 1 unspecified atom stereocenters. The van der Waals surface area contributed by atoms with Gasteiger partial charge in [0.1, 0.15) is 0 Å². The van der Waals surface area contributed by atoms with Crippen LogP contribution in [0.3, 0.4) is 0 Å². The minimum absolute atomic E-state index is 0.0163. The van der Waals surface area contributed by atoms with Crippen molar-refractivity contribution in [3.63, 3.8) is 0 Å². The van der Waals surface area contributed by atoms with Crippen molar-refractivity contribution in [2.75, 3.05) is 18.1 Å². The van der Waals surface area contributed by atoms with Gasteiger partial charge in [0.2, 0.25) is 0 Å². The van der Waals surface area contributed by atoms with Crippen LogP contribution < -0.4 is 0 Å². The van der Waals surface area contributed by atoms with Gasteiger partial charge in [0.15, 0.2) is 9.84 Å². The molecule has 6 heteroatoms. The molecule has 2 aliphatic rings.